The Bertz CT molecular complexity index is 517. The molecule has 0 aromatic heterocycles. The van der Waals surface area contributed by atoms with Gasteiger partial charge in [0.25, 0.3) is 5.92 Å². The number of alkyl halides is 2. The molecule has 0 fully saturated rings. The highest BCUT2D eigenvalue weighted by atomic mass is 79.9. The SMILES string of the molecule is CCS(=O)(=O)c1ccc(C(F)(F)CN)cc1Br. The number of sulfone groups is 1. The van der Waals surface area contributed by atoms with Gasteiger partial charge in [0.05, 0.1) is 17.2 Å². The van der Waals surface area contributed by atoms with Crippen LogP contribution in [0.15, 0.2) is 27.6 Å². The van der Waals surface area contributed by atoms with Gasteiger partial charge in [-0.3, -0.25) is 0 Å². The normalized spacial score (nSPS) is 12.8. The molecule has 0 saturated carbocycles. The van der Waals surface area contributed by atoms with Crippen LogP contribution in [0.5, 0.6) is 0 Å². The van der Waals surface area contributed by atoms with Crippen LogP contribution < -0.4 is 5.73 Å². The molecule has 0 aliphatic heterocycles. The standard InChI is InChI=1S/C10H12BrF2NO2S/c1-2-17(15,16)9-4-3-7(5-8(9)11)10(12,13)6-14/h3-5H,2,6,14H2,1H3. The molecule has 0 unspecified atom stereocenters. The highest BCUT2D eigenvalue weighted by Crippen LogP contribution is 2.32. The fourth-order valence-corrected chi connectivity index (χ4v) is 3.32. The first kappa shape index (κ1) is 14.5. The van der Waals surface area contributed by atoms with Crippen molar-refractivity contribution >= 4 is 25.8 Å². The Morgan fingerprint density at radius 2 is 2.00 bits per heavy atom. The van der Waals surface area contributed by atoms with E-state index in [1.54, 1.807) is 0 Å². The van der Waals surface area contributed by atoms with E-state index < -0.39 is 22.3 Å². The third-order valence-corrected chi connectivity index (χ3v) is 5.03. The monoisotopic (exact) mass is 327 g/mol. The van der Waals surface area contributed by atoms with Gasteiger partial charge >= 0.3 is 0 Å². The van der Waals surface area contributed by atoms with Gasteiger partial charge in [0.2, 0.25) is 0 Å². The minimum absolute atomic E-state index is 0.0107. The van der Waals surface area contributed by atoms with Crippen LogP contribution in [0.4, 0.5) is 8.78 Å². The van der Waals surface area contributed by atoms with E-state index in [-0.39, 0.29) is 20.7 Å². The zero-order valence-corrected chi connectivity index (χ0v) is 11.5. The molecule has 1 aromatic carbocycles. The zero-order valence-electron chi connectivity index (χ0n) is 9.08. The number of halogens is 3. The molecule has 0 spiro atoms. The number of hydrogen-bond donors (Lipinski definition) is 1. The fraction of sp³-hybridized carbons (Fsp3) is 0.400. The lowest BCUT2D eigenvalue weighted by molar-refractivity contribution is 0.00583. The van der Waals surface area contributed by atoms with Crippen molar-refractivity contribution in [2.75, 3.05) is 12.3 Å². The second-order valence-corrected chi connectivity index (χ2v) is 6.56. The van der Waals surface area contributed by atoms with Gasteiger partial charge in [-0.15, -0.1) is 0 Å². The number of nitrogens with two attached hydrogens (primary N) is 1. The molecule has 0 aliphatic carbocycles. The van der Waals surface area contributed by atoms with Crippen LogP contribution in [-0.2, 0) is 15.8 Å². The molecule has 1 aromatic rings. The van der Waals surface area contributed by atoms with Crippen LogP contribution in [-0.4, -0.2) is 20.7 Å². The van der Waals surface area contributed by atoms with E-state index in [1.165, 1.54) is 13.0 Å². The predicted octanol–water partition coefficient (Wildman–Crippen LogP) is 2.29. The minimum Gasteiger partial charge on any atom is -0.325 e. The Morgan fingerprint density at radius 1 is 1.41 bits per heavy atom. The molecule has 7 heteroatoms. The van der Waals surface area contributed by atoms with Crippen molar-refractivity contribution < 1.29 is 17.2 Å². The van der Waals surface area contributed by atoms with Gasteiger partial charge in [-0.25, -0.2) is 8.42 Å². The lowest BCUT2D eigenvalue weighted by Crippen LogP contribution is -2.25. The molecular weight excluding hydrogens is 316 g/mol. The molecule has 0 saturated heterocycles. The van der Waals surface area contributed by atoms with E-state index in [4.69, 9.17) is 5.73 Å². The Morgan fingerprint density at radius 3 is 2.41 bits per heavy atom. The summed E-state index contributed by atoms with van der Waals surface area (Å²) in [7, 11) is -3.42. The van der Waals surface area contributed by atoms with E-state index in [1.807, 2.05) is 0 Å². The second-order valence-electron chi connectivity index (χ2n) is 3.46. The molecule has 0 amide bonds. The Balaban J connectivity index is 3.29. The molecule has 0 aliphatic rings. The minimum atomic E-state index is -3.42. The maximum absolute atomic E-state index is 13.3. The van der Waals surface area contributed by atoms with Gasteiger partial charge in [0.1, 0.15) is 0 Å². The van der Waals surface area contributed by atoms with E-state index in [0.717, 1.165) is 12.1 Å². The molecular formula is C10H12BrF2NO2S. The summed E-state index contributed by atoms with van der Waals surface area (Å²) >= 11 is 2.99. The molecule has 0 heterocycles. The summed E-state index contributed by atoms with van der Waals surface area (Å²) in [6.07, 6.45) is 0. The maximum Gasteiger partial charge on any atom is 0.285 e. The number of rotatable bonds is 4. The van der Waals surface area contributed by atoms with Crippen LogP contribution in [0.2, 0.25) is 0 Å². The highest BCUT2D eigenvalue weighted by Gasteiger charge is 2.30. The number of hydrogen-bond acceptors (Lipinski definition) is 3. The quantitative estimate of drug-likeness (QED) is 0.923. The molecule has 3 nitrogen and oxygen atoms in total. The lowest BCUT2D eigenvalue weighted by atomic mass is 10.1. The van der Waals surface area contributed by atoms with Gasteiger partial charge in [-0.1, -0.05) is 13.0 Å². The summed E-state index contributed by atoms with van der Waals surface area (Å²) in [6.45, 7) is 0.670. The Kier molecular flexibility index (Phi) is 4.27. The van der Waals surface area contributed by atoms with Crippen molar-refractivity contribution in [3.63, 3.8) is 0 Å². The average molecular weight is 328 g/mol. The van der Waals surface area contributed by atoms with E-state index in [2.05, 4.69) is 15.9 Å². The summed E-state index contributed by atoms with van der Waals surface area (Å²) in [5.41, 5.74) is 4.65. The predicted molar refractivity (Wildman–Crippen MR) is 64.8 cm³/mol. The molecule has 0 bridgehead atoms. The molecule has 17 heavy (non-hydrogen) atoms. The topological polar surface area (TPSA) is 60.2 Å². The largest absolute Gasteiger partial charge is 0.325 e. The fourth-order valence-electron chi connectivity index (χ4n) is 1.25. The molecule has 96 valence electrons. The second kappa shape index (κ2) is 4.99. The van der Waals surface area contributed by atoms with Crippen molar-refractivity contribution in [3.8, 4) is 0 Å². The molecule has 0 radical (unpaired) electrons. The summed E-state index contributed by atoms with van der Waals surface area (Å²) < 4.78 is 49.9. The first-order valence-electron chi connectivity index (χ1n) is 4.85. The van der Waals surface area contributed by atoms with Crippen LogP contribution in [0.1, 0.15) is 12.5 Å². The van der Waals surface area contributed by atoms with Crippen LogP contribution in [0.25, 0.3) is 0 Å². The van der Waals surface area contributed by atoms with E-state index in [9.17, 15) is 17.2 Å². The number of benzene rings is 1. The van der Waals surface area contributed by atoms with Crippen molar-refractivity contribution in [1.82, 2.24) is 0 Å². The third kappa shape index (κ3) is 3.02. The Labute approximate surface area is 107 Å². The van der Waals surface area contributed by atoms with Gasteiger partial charge in [0, 0.05) is 10.0 Å². The summed E-state index contributed by atoms with van der Waals surface area (Å²) in [5.74, 6) is -3.24. The lowest BCUT2D eigenvalue weighted by Gasteiger charge is -2.15. The molecule has 0 atom stereocenters. The van der Waals surface area contributed by atoms with Crippen LogP contribution in [0.3, 0.4) is 0 Å². The van der Waals surface area contributed by atoms with Crippen molar-refractivity contribution in [2.24, 2.45) is 5.73 Å². The summed E-state index contributed by atoms with van der Waals surface area (Å²) in [5, 5.41) is 0. The van der Waals surface area contributed by atoms with Crippen molar-refractivity contribution in [3.05, 3.63) is 28.2 Å². The van der Waals surface area contributed by atoms with Gasteiger partial charge in [0.15, 0.2) is 9.84 Å². The highest BCUT2D eigenvalue weighted by molar-refractivity contribution is 9.10. The zero-order chi connectivity index (χ0) is 13.3. The van der Waals surface area contributed by atoms with E-state index >= 15 is 0 Å². The van der Waals surface area contributed by atoms with Crippen LogP contribution >= 0.6 is 15.9 Å². The third-order valence-electron chi connectivity index (χ3n) is 2.33. The Hall–Kier alpha value is -0.530. The van der Waals surface area contributed by atoms with Gasteiger partial charge < -0.3 is 5.73 Å². The molecule has 2 N–H and O–H groups in total. The summed E-state index contributed by atoms with van der Waals surface area (Å²) in [4.78, 5) is 0.0107. The molecule has 1 rings (SSSR count). The summed E-state index contributed by atoms with van der Waals surface area (Å²) in [6, 6.07) is 3.34. The van der Waals surface area contributed by atoms with Crippen LogP contribution in [0, 0.1) is 0 Å². The van der Waals surface area contributed by atoms with Crippen molar-refractivity contribution in [1.29, 1.82) is 0 Å². The van der Waals surface area contributed by atoms with Gasteiger partial charge in [-0.05, 0) is 28.1 Å². The van der Waals surface area contributed by atoms with E-state index in [0.29, 0.717) is 0 Å². The van der Waals surface area contributed by atoms with Crippen molar-refractivity contribution in [2.45, 2.75) is 17.7 Å². The smallest absolute Gasteiger partial charge is 0.285 e. The first-order chi connectivity index (χ1) is 7.74. The maximum atomic E-state index is 13.3. The first-order valence-corrected chi connectivity index (χ1v) is 7.30. The average Bonchev–Trinajstić information content (AvgIpc) is 2.28. The van der Waals surface area contributed by atoms with Gasteiger partial charge in [-0.2, -0.15) is 8.78 Å².